The van der Waals surface area contributed by atoms with Gasteiger partial charge in [0, 0.05) is 24.4 Å². The van der Waals surface area contributed by atoms with E-state index in [1.807, 2.05) is 0 Å². The van der Waals surface area contributed by atoms with Gasteiger partial charge in [-0.3, -0.25) is 4.79 Å². The summed E-state index contributed by atoms with van der Waals surface area (Å²) in [7, 11) is 0. The van der Waals surface area contributed by atoms with E-state index in [-0.39, 0.29) is 29.3 Å². The van der Waals surface area contributed by atoms with Crippen LogP contribution < -0.4 is 16.1 Å². The SMILES string of the molecule is N=C/C=C1\[NH2+]C(=NC2CCNC2=O)NN=C1c1ccc(C(F)(F)F)cc1C(F)(F)F. The van der Waals surface area contributed by atoms with Crippen molar-refractivity contribution < 1.29 is 36.5 Å². The number of alkyl halides is 6. The van der Waals surface area contributed by atoms with Gasteiger partial charge in [-0.15, -0.1) is 0 Å². The lowest BCUT2D eigenvalue weighted by Gasteiger charge is -2.20. The van der Waals surface area contributed by atoms with Crippen molar-refractivity contribution >= 4 is 23.8 Å². The lowest BCUT2D eigenvalue weighted by molar-refractivity contribution is -0.481. The van der Waals surface area contributed by atoms with Gasteiger partial charge in [-0.2, -0.15) is 31.4 Å². The lowest BCUT2D eigenvalue weighted by atomic mass is 9.97. The number of benzene rings is 1. The number of nitrogens with zero attached hydrogens (tertiary/aromatic N) is 2. The number of hydrogen-bond acceptors (Lipinski definition) is 4. The van der Waals surface area contributed by atoms with E-state index >= 15 is 0 Å². The number of hydrogen-bond donors (Lipinski definition) is 4. The van der Waals surface area contributed by atoms with Crippen LogP contribution >= 0.6 is 0 Å². The molecule has 0 radical (unpaired) electrons. The van der Waals surface area contributed by atoms with Crippen molar-refractivity contribution in [1.82, 2.24) is 10.7 Å². The number of rotatable bonds is 3. The van der Waals surface area contributed by atoms with Gasteiger partial charge in [-0.25, -0.2) is 15.7 Å². The predicted molar refractivity (Wildman–Crippen MR) is 93.8 cm³/mol. The molecule has 1 fully saturated rings. The molecule has 1 amide bonds. The molecule has 1 atom stereocenters. The van der Waals surface area contributed by atoms with Crippen LogP contribution in [0.25, 0.3) is 0 Å². The Balaban J connectivity index is 2.05. The Labute approximate surface area is 165 Å². The molecule has 5 N–H and O–H groups in total. The van der Waals surface area contributed by atoms with Crippen LogP contribution in [0.15, 0.2) is 40.1 Å². The smallest absolute Gasteiger partial charge is 0.354 e. The van der Waals surface area contributed by atoms with E-state index in [1.54, 1.807) is 0 Å². The molecule has 0 bridgehead atoms. The highest BCUT2D eigenvalue weighted by Crippen LogP contribution is 2.37. The van der Waals surface area contributed by atoms with E-state index < -0.39 is 35.1 Å². The molecule has 2 heterocycles. The monoisotopic (exact) mass is 433 g/mol. The standard InChI is InChI=1S/C17H14F6N6O/c18-16(19,20)8-1-2-9(10(7-8)17(21,22)23)13-11(3-5-24)26-15(29-28-13)27-12-4-6-25-14(12)30/h1-3,5,7,12,24H,4,6H2,(H,25,30)(H2,26,27,29)/p+1/b11-3-,24-5?. The number of hydrazone groups is 1. The predicted octanol–water partition coefficient (Wildman–Crippen LogP) is 1.37. The van der Waals surface area contributed by atoms with Crippen LogP contribution in [0, 0.1) is 5.41 Å². The summed E-state index contributed by atoms with van der Waals surface area (Å²) in [5.41, 5.74) is -1.42. The maximum Gasteiger partial charge on any atom is 0.417 e. The number of guanidine groups is 1. The average molecular weight is 433 g/mol. The topological polar surface area (TPSA) is 106 Å². The molecule has 30 heavy (non-hydrogen) atoms. The molecular formula is C17H15F6N6O+. The third-order valence-electron chi connectivity index (χ3n) is 4.33. The molecule has 0 aromatic heterocycles. The van der Waals surface area contributed by atoms with Crippen molar-refractivity contribution in [1.29, 1.82) is 5.41 Å². The summed E-state index contributed by atoms with van der Waals surface area (Å²) in [6.07, 6.45) is -7.68. The first-order valence-electron chi connectivity index (χ1n) is 8.54. The van der Waals surface area contributed by atoms with E-state index in [1.165, 1.54) is 5.32 Å². The Bertz CT molecular complexity index is 962. The summed E-state index contributed by atoms with van der Waals surface area (Å²) < 4.78 is 79.2. The van der Waals surface area contributed by atoms with Crippen molar-refractivity contribution in [3.8, 4) is 0 Å². The average Bonchev–Trinajstić information content (AvgIpc) is 3.05. The fraction of sp³-hybridized carbons (Fsp3) is 0.294. The maximum absolute atomic E-state index is 13.5. The van der Waals surface area contributed by atoms with Gasteiger partial charge in [0.25, 0.3) is 0 Å². The molecule has 1 saturated heterocycles. The van der Waals surface area contributed by atoms with Crippen molar-refractivity contribution in [2.24, 2.45) is 10.1 Å². The van der Waals surface area contributed by atoms with Gasteiger partial charge in [-0.05, 0) is 18.6 Å². The molecule has 1 aromatic carbocycles. The highest BCUT2D eigenvalue weighted by molar-refractivity contribution is 6.14. The molecule has 2 aliphatic heterocycles. The summed E-state index contributed by atoms with van der Waals surface area (Å²) in [5.74, 6) is -0.235. The number of aliphatic imine (C=N–C) groups is 1. The Morgan fingerprint density at radius 3 is 2.50 bits per heavy atom. The van der Waals surface area contributed by atoms with Crippen molar-refractivity contribution in [3.05, 3.63) is 46.7 Å². The van der Waals surface area contributed by atoms with E-state index in [9.17, 15) is 31.1 Å². The second kappa shape index (κ2) is 7.89. The maximum atomic E-state index is 13.5. The van der Waals surface area contributed by atoms with Crippen LogP contribution in [0.5, 0.6) is 0 Å². The number of quaternary nitrogens is 1. The highest BCUT2D eigenvalue weighted by Gasteiger charge is 2.40. The number of carbonyl (C=O) groups excluding carboxylic acids is 1. The van der Waals surface area contributed by atoms with Gasteiger partial charge in [0.15, 0.2) is 11.4 Å². The zero-order chi connectivity index (χ0) is 22.1. The summed E-state index contributed by atoms with van der Waals surface area (Å²) in [6, 6.07) is 0.539. The molecule has 2 aliphatic rings. The second-order valence-electron chi connectivity index (χ2n) is 6.37. The van der Waals surface area contributed by atoms with Crippen molar-refractivity contribution in [3.63, 3.8) is 0 Å². The van der Waals surface area contributed by atoms with Crippen LogP contribution in [0.4, 0.5) is 26.3 Å². The zero-order valence-corrected chi connectivity index (χ0v) is 15.0. The van der Waals surface area contributed by atoms with Gasteiger partial charge < -0.3 is 10.7 Å². The second-order valence-corrected chi connectivity index (χ2v) is 6.37. The fourth-order valence-electron chi connectivity index (χ4n) is 2.96. The summed E-state index contributed by atoms with van der Waals surface area (Å²) >= 11 is 0. The van der Waals surface area contributed by atoms with E-state index in [0.717, 1.165) is 12.3 Å². The largest absolute Gasteiger partial charge is 0.417 e. The number of allylic oxidation sites excluding steroid dienone is 2. The normalized spacial score (nSPS) is 22.7. The molecule has 3 rings (SSSR count). The first-order chi connectivity index (χ1) is 14.0. The molecular weight excluding hydrogens is 418 g/mol. The number of nitrogens with two attached hydrogens (primary N) is 1. The van der Waals surface area contributed by atoms with Crippen LogP contribution in [0.2, 0.25) is 0 Å². The van der Waals surface area contributed by atoms with Crippen LogP contribution in [0.1, 0.15) is 23.1 Å². The van der Waals surface area contributed by atoms with E-state index in [4.69, 9.17) is 5.41 Å². The minimum absolute atomic E-state index is 0.0196. The van der Waals surface area contributed by atoms with Gasteiger partial charge >= 0.3 is 18.3 Å². The molecule has 0 spiro atoms. The van der Waals surface area contributed by atoms with Crippen molar-refractivity contribution in [2.75, 3.05) is 6.54 Å². The first-order valence-corrected chi connectivity index (χ1v) is 8.54. The Kier molecular flexibility index (Phi) is 5.65. The lowest BCUT2D eigenvalue weighted by Crippen LogP contribution is -2.92. The third-order valence-corrected chi connectivity index (χ3v) is 4.33. The van der Waals surface area contributed by atoms with Crippen LogP contribution in [-0.2, 0) is 17.1 Å². The summed E-state index contributed by atoms with van der Waals surface area (Å²) in [4.78, 5) is 15.8. The molecule has 7 nitrogen and oxygen atoms in total. The van der Waals surface area contributed by atoms with Gasteiger partial charge in [-0.1, -0.05) is 6.07 Å². The van der Waals surface area contributed by atoms with Crippen LogP contribution in [0.3, 0.4) is 0 Å². The molecule has 1 aromatic rings. The zero-order valence-electron chi connectivity index (χ0n) is 15.0. The minimum atomic E-state index is -5.08. The number of nitrogens with one attached hydrogen (secondary N) is 3. The fourth-order valence-corrected chi connectivity index (χ4v) is 2.96. The Morgan fingerprint density at radius 2 is 1.93 bits per heavy atom. The highest BCUT2D eigenvalue weighted by atomic mass is 19.4. The van der Waals surface area contributed by atoms with Gasteiger partial charge in [0.05, 0.1) is 11.1 Å². The number of amides is 1. The Morgan fingerprint density at radius 1 is 1.20 bits per heavy atom. The molecule has 0 saturated carbocycles. The summed E-state index contributed by atoms with van der Waals surface area (Å²) in [5, 5.41) is 14.9. The van der Waals surface area contributed by atoms with E-state index in [0.29, 0.717) is 25.1 Å². The minimum Gasteiger partial charge on any atom is -0.354 e. The summed E-state index contributed by atoms with van der Waals surface area (Å²) in [6.45, 7) is 0.429. The number of halogens is 6. The van der Waals surface area contributed by atoms with Gasteiger partial charge in [0.1, 0.15) is 6.04 Å². The molecule has 1 unspecified atom stereocenters. The quantitative estimate of drug-likeness (QED) is 0.427. The number of carbonyl (C=O) groups is 1. The third kappa shape index (κ3) is 4.50. The van der Waals surface area contributed by atoms with Gasteiger partial charge in [0.2, 0.25) is 5.91 Å². The van der Waals surface area contributed by atoms with E-state index in [2.05, 4.69) is 20.8 Å². The van der Waals surface area contributed by atoms with Crippen LogP contribution in [-0.4, -0.2) is 36.4 Å². The molecule has 160 valence electrons. The Hall–Kier alpha value is -3.22. The first kappa shape index (κ1) is 21.5. The molecule has 13 heteroatoms. The molecule has 0 aliphatic carbocycles. The van der Waals surface area contributed by atoms with Crippen molar-refractivity contribution in [2.45, 2.75) is 24.8 Å².